The average Bonchev–Trinajstić information content (AvgIpc) is 2.80. The summed E-state index contributed by atoms with van der Waals surface area (Å²) >= 11 is 0. The fraction of sp³-hybridized carbons (Fsp3) is 0.286. The van der Waals surface area contributed by atoms with Gasteiger partial charge in [0, 0.05) is 29.4 Å². The highest BCUT2D eigenvalue weighted by Crippen LogP contribution is 2.20. The minimum atomic E-state index is -1.01. The van der Waals surface area contributed by atoms with Crippen LogP contribution in [0.15, 0.2) is 24.4 Å². The Kier molecular flexibility index (Phi) is 4.92. The summed E-state index contributed by atoms with van der Waals surface area (Å²) in [7, 11) is -1.01. The molecule has 0 aliphatic carbocycles. The second-order valence-electron chi connectivity index (χ2n) is 4.77. The first-order valence-electron chi connectivity index (χ1n) is 6.52. The molecule has 2 N–H and O–H groups in total. The summed E-state index contributed by atoms with van der Waals surface area (Å²) in [5.41, 5.74) is 1.05. The minimum absolute atomic E-state index is 0.134. The first-order chi connectivity index (χ1) is 10.4. The molecule has 0 aliphatic rings. The van der Waals surface area contributed by atoms with Gasteiger partial charge in [-0.3, -0.25) is 9.00 Å². The van der Waals surface area contributed by atoms with E-state index in [9.17, 15) is 18.5 Å². The Labute approximate surface area is 129 Å². The number of aromatic nitrogens is 2. The number of carbonyl (C=O) groups excluding carboxylic acids is 1. The van der Waals surface area contributed by atoms with Crippen LogP contribution in [0.2, 0.25) is 0 Å². The van der Waals surface area contributed by atoms with Gasteiger partial charge in [0.25, 0.3) is 5.91 Å². The smallest absolute Gasteiger partial charge is 0.275 e. The summed E-state index contributed by atoms with van der Waals surface area (Å²) in [6, 6.07) is 4.13. The molecule has 1 unspecified atom stereocenters. The van der Waals surface area contributed by atoms with Gasteiger partial charge in [-0.15, -0.1) is 0 Å². The van der Waals surface area contributed by atoms with Crippen molar-refractivity contribution in [1.29, 1.82) is 0 Å². The first kappa shape index (κ1) is 16.2. The molecule has 0 saturated heterocycles. The van der Waals surface area contributed by atoms with Crippen molar-refractivity contribution in [2.45, 2.75) is 6.92 Å². The van der Waals surface area contributed by atoms with E-state index in [1.165, 1.54) is 35.3 Å². The normalized spacial score (nSPS) is 12.1. The average molecular weight is 325 g/mol. The van der Waals surface area contributed by atoms with E-state index >= 15 is 0 Å². The Hall–Kier alpha value is -2.22. The van der Waals surface area contributed by atoms with E-state index < -0.39 is 16.7 Å². The van der Waals surface area contributed by atoms with E-state index in [-0.39, 0.29) is 23.8 Å². The van der Waals surface area contributed by atoms with Crippen molar-refractivity contribution in [3.63, 3.8) is 0 Å². The van der Waals surface area contributed by atoms with Gasteiger partial charge < -0.3 is 10.4 Å². The quantitative estimate of drug-likeness (QED) is 0.863. The standard InChI is InChI=1S/C14H16FN3O3S/c1-9-7-10(15)3-4-11(9)18-8-12(19)13(17-18)14(20)16-5-6-22(2)21/h3-4,7-8,19H,5-6H2,1-2H3,(H,16,20). The van der Waals surface area contributed by atoms with Crippen LogP contribution in [-0.4, -0.2) is 43.6 Å². The Bertz CT molecular complexity index is 730. The van der Waals surface area contributed by atoms with Crippen LogP contribution < -0.4 is 5.32 Å². The highest BCUT2D eigenvalue weighted by Gasteiger charge is 2.17. The maximum Gasteiger partial charge on any atom is 0.275 e. The van der Waals surface area contributed by atoms with Gasteiger partial charge in [0.15, 0.2) is 11.4 Å². The van der Waals surface area contributed by atoms with Crippen LogP contribution >= 0.6 is 0 Å². The molecule has 0 spiro atoms. The Morgan fingerprint density at radius 3 is 2.86 bits per heavy atom. The third kappa shape index (κ3) is 3.70. The number of aromatic hydroxyl groups is 1. The second-order valence-corrected chi connectivity index (χ2v) is 6.33. The van der Waals surface area contributed by atoms with E-state index in [1.54, 1.807) is 6.92 Å². The van der Waals surface area contributed by atoms with Crippen LogP contribution in [0, 0.1) is 12.7 Å². The van der Waals surface area contributed by atoms with Gasteiger partial charge in [-0.05, 0) is 30.7 Å². The van der Waals surface area contributed by atoms with Crippen molar-refractivity contribution in [1.82, 2.24) is 15.1 Å². The summed E-state index contributed by atoms with van der Waals surface area (Å²) in [6.45, 7) is 1.93. The molecule has 22 heavy (non-hydrogen) atoms. The molecule has 0 aliphatic heterocycles. The summed E-state index contributed by atoms with van der Waals surface area (Å²) in [4.78, 5) is 11.9. The van der Waals surface area contributed by atoms with Gasteiger partial charge >= 0.3 is 0 Å². The zero-order chi connectivity index (χ0) is 16.3. The Morgan fingerprint density at radius 2 is 2.23 bits per heavy atom. The number of halogens is 1. The SMILES string of the molecule is Cc1cc(F)ccc1-n1cc(O)c(C(=O)NCCS(C)=O)n1. The largest absolute Gasteiger partial charge is 0.504 e. The van der Waals surface area contributed by atoms with E-state index in [0.717, 1.165) is 0 Å². The van der Waals surface area contributed by atoms with Crippen molar-refractivity contribution in [2.24, 2.45) is 0 Å². The lowest BCUT2D eigenvalue weighted by Crippen LogP contribution is -2.28. The third-order valence-corrected chi connectivity index (χ3v) is 3.77. The molecule has 118 valence electrons. The van der Waals surface area contributed by atoms with Crippen molar-refractivity contribution in [2.75, 3.05) is 18.6 Å². The molecule has 6 nitrogen and oxygen atoms in total. The topological polar surface area (TPSA) is 84.2 Å². The van der Waals surface area contributed by atoms with Crippen molar-refractivity contribution < 1.29 is 18.5 Å². The molecule has 1 aromatic carbocycles. The van der Waals surface area contributed by atoms with Crippen LogP contribution in [0.5, 0.6) is 5.75 Å². The number of carbonyl (C=O) groups is 1. The predicted molar refractivity (Wildman–Crippen MR) is 81.2 cm³/mol. The molecule has 8 heteroatoms. The monoisotopic (exact) mass is 325 g/mol. The number of nitrogens with one attached hydrogen (secondary N) is 1. The van der Waals surface area contributed by atoms with Crippen molar-refractivity contribution in [3.05, 3.63) is 41.5 Å². The molecular formula is C14H16FN3O3S. The summed E-state index contributed by atoms with van der Waals surface area (Å²) in [5.74, 6) is -0.881. The maximum absolute atomic E-state index is 13.1. The fourth-order valence-electron chi connectivity index (χ4n) is 1.92. The van der Waals surface area contributed by atoms with Gasteiger partial charge in [-0.1, -0.05) is 0 Å². The zero-order valence-corrected chi connectivity index (χ0v) is 13.0. The van der Waals surface area contributed by atoms with Crippen molar-refractivity contribution >= 4 is 16.7 Å². The Morgan fingerprint density at radius 1 is 1.50 bits per heavy atom. The molecule has 2 aromatic rings. The number of aryl methyl sites for hydroxylation is 1. The second kappa shape index (κ2) is 6.69. The molecule has 0 fully saturated rings. The first-order valence-corrected chi connectivity index (χ1v) is 8.24. The van der Waals surface area contributed by atoms with Gasteiger partial charge in [0.1, 0.15) is 5.82 Å². The molecule has 1 atom stereocenters. The minimum Gasteiger partial charge on any atom is -0.504 e. The summed E-state index contributed by atoms with van der Waals surface area (Å²) < 4.78 is 25.4. The molecule has 0 bridgehead atoms. The number of hydrogen-bond acceptors (Lipinski definition) is 4. The lowest BCUT2D eigenvalue weighted by Gasteiger charge is -2.05. The van der Waals surface area contributed by atoms with Crippen LogP contribution in [0.25, 0.3) is 5.69 Å². The van der Waals surface area contributed by atoms with Gasteiger partial charge in [0.2, 0.25) is 0 Å². The maximum atomic E-state index is 13.1. The van der Waals surface area contributed by atoms with E-state index in [0.29, 0.717) is 17.0 Å². The molecule has 1 amide bonds. The lowest BCUT2D eigenvalue weighted by molar-refractivity contribution is 0.0948. The van der Waals surface area contributed by atoms with Gasteiger partial charge in [-0.25, -0.2) is 9.07 Å². The number of amides is 1. The molecule has 1 heterocycles. The zero-order valence-electron chi connectivity index (χ0n) is 12.2. The molecule has 0 radical (unpaired) electrons. The highest BCUT2D eigenvalue weighted by atomic mass is 32.2. The van der Waals surface area contributed by atoms with Crippen LogP contribution in [0.3, 0.4) is 0 Å². The molecule has 0 saturated carbocycles. The number of nitrogens with zero attached hydrogens (tertiary/aromatic N) is 2. The molecular weight excluding hydrogens is 309 g/mol. The number of hydrogen-bond donors (Lipinski definition) is 2. The van der Waals surface area contributed by atoms with E-state index in [1.807, 2.05) is 0 Å². The van der Waals surface area contributed by atoms with Gasteiger partial charge in [-0.2, -0.15) is 5.10 Å². The summed E-state index contributed by atoms with van der Waals surface area (Å²) in [5, 5.41) is 16.4. The fourth-order valence-corrected chi connectivity index (χ4v) is 2.31. The predicted octanol–water partition coefficient (Wildman–Crippen LogP) is 1.13. The van der Waals surface area contributed by atoms with E-state index in [4.69, 9.17) is 0 Å². The summed E-state index contributed by atoms with van der Waals surface area (Å²) in [6.07, 6.45) is 2.82. The molecule has 1 aromatic heterocycles. The highest BCUT2D eigenvalue weighted by molar-refractivity contribution is 7.84. The van der Waals surface area contributed by atoms with Crippen LogP contribution in [0.1, 0.15) is 16.1 Å². The Balaban J connectivity index is 2.20. The van der Waals surface area contributed by atoms with Crippen LogP contribution in [-0.2, 0) is 10.8 Å². The lowest BCUT2D eigenvalue weighted by atomic mass is 10.2. The third-order valence-electron chi connectivity index (χ3n) is 2.99. The van der Waals surface area contributed by atoms with Gasteiger partial charge in [0.05, 0.1) is 11.9 Å². The van der Waals surface area contributed by atoms with E-state index in [2.05, 4.69) is 10.4 Å². The number of benzene rings is 1. The molecule has 2 rings (SSSR count). The number of rotatable bonds is 5. The van der Waals surface area contributed by atoms with Crippen LogP contribution in [0.4, 0.5) is 4.39 Å². The van der Waals surface area contributed by atoms with Crippen molar-refractivity contribution in [3.8, 4) is 11.4 Å².